The van der Waals surface area contributed by atoms with Crippen molar-refractivity contribution in [3.8, 4) is 0 Å². The predicted molar refractivity (Wildman–Crippen MR) is 91.8 cm³/mol. The molecule has 0 unspecified atom stereocenters. The van der Waals surface area contributed by atoms with E-state index in [0.717, 1.165) is 6.26 Å². The van der Waals surface area contributed by atoms with Crippen LogP contribution in [0.1, 0.15) is 0 Å². The molecule has 1 N–H and O–H groups in total. The van der Waals surface area contributed by atoms with Crippen LogP contribution in [0.3, 0.4) is 0 Å². The highest BCUT2D eigenvalue weighted by atomic mass is 35.5. The maximum absolute atomic E-state index is 12.5. The lowest BCUT2D eigenvalue weighted by atomic mass is 10.3. The third kappa shape index (κ3) is 4.10. The molecule has 0 bridgehead atoms. The van der Waals surface area contributed by atoms with Crippen LogP contribution in [0.15, 0.2) is 46.2 Å². The van der Waals surface area contributed by atoms with Gasteiger partial charge in [-0.1, -0.05) is 46.9 Å². The molecule has 0 spiro atoms. The summed E-state index contributed by atoms with van der Waals surface area (Å²) < 4.78 is 50.8. The Morgan fingerprint density at radius 2 is 1.35 bits per heavy atom. The van der Waals surface area contributed by atoms with Gasteiger partial charge < -0.3 is 0 Å². The van der Waals surface area contributed by atoms with Gasteiger partial charge in [0, 0.05) is 6.26 Å². The highest BCUT2D eigenvalue weighted by molar-refractivity contribution is 7.95. The van der Waals surface area contributed by atoms with Crippen LogP contribution in [0, 0.1) is 0 Å². The fourth-order valence-electron chi connectivity index (χ4n) is 1.78. The SMILES string of the molecule is CS(=O)(=O)c1ccccc1S(=O)(=O)Nc1cc(Cl)c(Cl)cc1Cl. The number of anilines is 1. The Balaban J connectivity index is 2.56. The molecule has 2 aromatic rings. The van der Waals surface area contributed by atoms with E-state index in [9.17, 15) is 16.8 Å². The zero-order valence-electron chi connectivity index (χ0n) is 11.5. The van der Waals surface area contributed by atoms with Gasteiger partial charge in [-0.25, -0.2) is 16.8 Å². The summed E-state index contributed by atoms with van der Waals surface area (Å²) in [4.78, 5) is -0.701. The van der Waals surface area contributed by atoms with E-state index in [1.54, 1.807) is 0 Å². The summed E-state index contributed by atoms with van der Waals surface area (Å²) in [6.45, 7) is 0. The molecule has 10 heteroatoms. The van der Waals surface area contributed by atoms with Gasteiger partial charge in [0.15, 0.2) is 9.84 Å². The molecule has 2 aromatic carbocycles. The summed E-state index contributed by atoms with van der Waals surface area (Å²) in [5.74, 6) is 0. The van der Waals surface area contributed by atoms with Crippen LogP contribution in [0.2, 0.25) is 15.1 Å². The molecule has 0 aliphatic heterocycles. The maximum atomic E-state index is 12.5. The van der Waals surface area contributed by atoms with Crippen LogP contribution in [0.5, 0.6) is 0 Å². The molecule has 0 aliphatic rings. The molecule has 124 valence electrons. The summed E-state index contributed by atoms with van der Waals surface area (Å²) in [6, 6.07) is 7.77. The lowest BCUT2D eigenvalue weighted by molar-refractivity contribution is 0.588. The van der Waals surface area contributed by atoms with Gasteiger partial charge in [0.05, 0.1) is 25.7 Å². The van der Waals surface area contributed by atoms with Gasteiger partial charge in [-0.05, 0) is 24.3 Å². The van der Waals surface area contributed by atoms with Gasteiger partial charge >= 0.3 is 0 Å². The number of nitrogens with one attached hydrogen (secondary N) is 1. The molecule has 23 heavy (non-hydrogen) atoms. The zero-order chi connectivity index (χ0) is 17.4. The van der Waals surface area contributed by atoms with E-state index >= 15 is 0 Å². The molecule has 0 amide bonds. The third-order valence-electron chi connectivity index (χ3n) is 2.79. The molecule has 0 fully saturated rings. The molecule has 0 aliphatic carbocycles. The first-order chi connectivity index (χ1) is 10.5. The minimum Gasteiger partial charge on any atom is -0.278 e. The second-order valence-electron chi connectivity index (χ2n) is 4.57. The van der Waals surface area contributed by atoms with E-state index in [4.69, 9.17) is 34.8 Å². The van der Waals surface area contributed by atoms with Gasteiger partial charge in [0.1, 0.15) is 4.90 Å². The van der Waals surface area contributed by atoms with E-state index in [-0.39, 0.29) is 30.5 Å². The first-order valence-electron chi connectivity index (χ1n) is 5.99. The molecule has 0 atom stereocenters. The van der Waals surface area contributed by atoms with Gasteiger partial charge in [0.25, 0.3) is 10.0 Å². The Labute approximate surface area is 149 Å². The number of hydrogen-bond acceptors (Lipinski definition) is 4. The van der Waals surface area contributed by atoms with Gasteiger partial charge in [0.2, 0.25) is 0 Å². The van der Waals surface area contributed by atoms with Crippen LogP contribution in [-0.4, -0.2) is 23.1 Å². The molecule has 0 heterocycles. The Hall–Kier alpha value is -0.990. The summed E-state index contributed by atoms with van der Waals surface area (Å²) in [6.07, 6.45) is 0.924. The first kappa shape index (κ1) is 18.4. The van der Waals surface area contributed by atoms with Crippen LogP contribution < -0.4 is 4.72 Å². The number of sulfone groups is 1. The van der Waals surface area contributed by atoms with E-state index in [1.165, 1.54) is 36.4 Å². The summed E-state index contributed by atoms with van der Waals surface area (Å²) in [5, 5.41) is 0.293. The number of sulfonamides is 1. The maximum Gasteiger partial charge on any atom is 0.263 e. The number of benzene rings is 2. The van der Waals surface area contributed by atoms with Crippen LogP contribution in [0.4, 0.5) is 5.69 Å². The summed E-state index contributed by atoms with van der Waals surface area (Å²) in [7, 11) is -7.93. The molecule has 0 saturated heterocycles. The van der Waals surface area contributed by atoms with Crippen molar-refractivity contribution >= 4 is 60.4 Å². The highest BCUT2D eigenvalue weighted by Gasteiger charge is 2.24. The highest BCUT2D eigenvalue weighted by Crippen LogP contribution is 2.34. The molecule has 5 nitrogen and oxygen atoms in total. The minimum atomic E-state index is -4.19. The molecule has 0 aromatic heterocycles. The quantitative estimate of drug-likeness (QED) is 0.771. The van der Waals surface area contributed by atoms with Crippen LogP contribution in [-0.2, 0) is 19.9 Å². The van der Waals surface area contributed by atoms with Crippen LogP contribution in [0.25, 0.3) is 0 Å². The van der Waals surface area contributed by atoms with Crippen molar-refractivity contribution in [3.05, 3.63) is 51.5 Å². The fraction of sp³-hybridized carbons (Fsp3) is 0.0769. The molecular formula is C13H10Cl3NO4S2. The van der Waals surface area contributed by atoms with Crippen molar-refractivity contribution in [2.75, 3.05) is 11.0 Å². The van der Waals surface area contributed by atoms with E-state index < -0.39 is 19.9 Å². The van der Waals surface area contributed by atoms with Crippen molar-refractivity contribution in [1.29, 1.82) is 0 Å². The van der Waals surface area contributed by atoms with Crippen LogP contribution >= 0.6 is 34.8 Å². The minimum absolute atomic E-state index is 0.00984. The molecule has 0 radical (unpaired) electrons. The lowest BCUT2D eigenvalue weighted by Gasteiger charge is -2.13. The first-order valence-corrected chi connectivity index (χ1v) is 10.5. The molecule has 2 rings (SSSR count). The number of halogens is 3. The van der Waals surface area contributed by atoms with E-state index in [1.807, 2.05) is 0 Å². The van der Waals surface area contributed by atoms with Gasteiger partial charge in [-0.3, -0.25) is 4.72 Å². The van der Waals surface area contributed by atoms with Crippen molar-refractivity contribution < 1.29 is 16.8 Å². The summed E-state index contributed by atoms with van der Waals surface area (Å²) >= 11 is 17.6. The predicted octanol–water partition coefficient (Wildman–Crippen LogP) is 3.85. The molecule has 0 saturated carbocycles. The number of hydrogen-bond donors (Lipinski definition) is 1. The van der Waals surface area contributed by atoms with Crippen molar-refractivity contribution in [3.63, 3.8) is 0 Å². The fourth-order valence-corrected chi connectivity index (χ4v) is 5.13. The Kier molecular flexibility index (Phi) is 5.18. The lowest BCUT2D eigenvalue weighted by Crippen LogP contribution is -2.16. The normalized spacial score (nSPS) is 12.2. The van der Waals surface area contributed by atoms with Gasteiger partial charge in [-0.15, -0.1) is 0 Å². The Morgan fingerprint density at radius 3 is 1.91 bits per heavy atom. The monoisotopic (exact) mass is 413 g/mol. The average Bonchev–Trinajstić information content (AvgIpc) is 2.43. The average molecular weight is 415 g/mol. The van der Waals surface area contributed by atoms with Crippen molar-refractivity contribution in [1.82, 2.24) is 0 Å². The van der Waals surface area contributed by atoms with E-state index in [0.29, 0.717) is 0 Å². The smallest absolute Gasteiger partial charge is 0.263 e. The van der Waals surface area contributed by atoms with Gasteiger partial charge in [-0.2, -0.15) is 0 Å². The van der Waals surface area contributed by atoms with Crippen molar-refractivity contribution in [2.45, 2.75) is 9.79 Å². The summed E-state index contributed by atoms with van der Waals surface area (Å²) in [5.41, 5.74) is -0.00984. The topological polar surface area (TPSA) is 80.3 Å². The largest absolute Gasteiger partial charge is 0.278 e. The standard InChI is InChI=1S/C13H10Cl3NO4S2/c1-22(18,19)12-4-2-3-5-13(12)23(20,21)17-11-7-9(15)8(14)6-10(11)16/h2-7,17H,1H3. The number of rotatable bonds is 4. The Morgan fingerprint density at radius 1 is 0.826 bits per heavy atom. The second kappa shape index (κ2) is 6.49. The molecular weight excluding hydrogens is 405 g/mol. The Bertz CT molecular complexity index is 973. The van der Waals surface area contributed by atoms with Crippen molar-refractivity contribution in [2.24, 2.45) is 0 Å². The second-order valence-corrected chi connectivity index (χ2v) is 9.43. The van der Waals surface area contributed by atoms with E-state index in [2.05, 4.69) is 4.72 Å². The zero-order valence-corrected chi connectivity index (χ0v) is 15.4. The third-order valence-corrected chi connectivity index (χ3v) is 6.54.